The third-order valence-corrected chi connectivity index (χ3v) is 3.58. The fourth-order valence-electron chi connectivity index (χ4n) is 1.99. The molecular weight excluding hydrogens is 353 g/mol. The highest BCUT2D eigenvalue weighted by molar-refractivity contribution is 6.32. The van der Waals surface area contributed by atoms with Gasteiger partial charge in [-0.1, -0.05) is 41.6 Å². The third kappa shape index (κ3) is 4.94. The van der Waals surface area contributed by atoms with Gasteiger partial charge in [-0.2, -0.15) is 13.2 Å². The second kappa shape index (κ2) is 8.00. The summed E-state index contributed by atoms with van der Waals surface area (Å²) < 4.78 is 48.2. The van der Waals surface area contributed by atoms with Crippen LogP contribution in [0, 0.1) is 11.8 Å². The summed E-state index contributed by atoms with van der Waals surface area (Å²) in [5, 5.41) is -1.20. The van der Waals surface area contributed by atoms with E-state index < -0.39 is 11.2 Å². The Labute approximate surface area is 148 Å². The van der Waals surface area contributed by atoms with Crippen molar-refractivity contribution in [1.29, 1.82) is 0 Å². The zero-order valence-electron chi connectivity index (χ0n) is 13.4. The predicted octanol–water partition coefficient (Wildman–Crippen LogP) is 5.25. The molecule has 0 N–H and O–H groups in total. The van der Waals surface area contributed by atoms with Gasteiger partial charge in [0.15, 0.2) is 0 Å². The highest BCUT2D eigenvalue weighted by Crippen LogP contribution is 2.31. The van der Waals surface area contributed by atoms with Gasteiger partial charge >= 0.3 is 6.18 Å². The van der Waals surface area contributed by atoms with Gasteiger partial charge in [0.1, 0.15) is 16.5 Å². The van der Waals surface area contributed by atoms with Gasteiger partial charge in [0.05, 0.1) is 19.8 Å². The van der Waals surface area contributed by atoms with Crippen molar-refractivity contribution in [3.8, 4) is 23.3 Å². The van der Waals surface area contributed by atoms with Crippen molar-refractivity contribution in [2.75, 3.05) is 14.2 Å². The van der Waals surface area contributed by atoms with Crippen molar-refractivity contribution < 1.29 is 22.6 Å². The first-order chi connectivity index (χ1) is 11.8. The van der Waals surface area contributed by atoms with Crippen molar-refractivity contribution in [2.24, 2.45) is 0 Å². The van der Waals surface area contributed by atoms with Gasteiger partial charge in [-0.3, -0.25) is 0 Å². The average Bonchev–Trinajstić information content (AvgIpc) is 2.60. The van der Waals surface area contributed by atoms with E-state index in [9.17, 15) is 13.2 Å². The average molecular weight is 367 g/mol. The third-order valence-electron chi connectivity index (χ3n) is 3.25. The molecule has 0 fully saturated rings. The van der Waals surface area contributed by atoms with E-state index in [-0.39, 0.29) is 5.56 Å². The Bertz CT molecular complexity index is 846. The van der Waals surface area contributed by atoms with Gasteiger partial charge in [-0.05, 0) is 29.8 Å². The summed E-state index contributed by atoms with van der Waals surface area (Å²) >= 11 is 5.32. The summed E-state index contributed by atoms with van der Waals surface area (Å²) in [6, 6.07) is 11.6. The largest absolute Gasteiger partial charge is 0.497 e. The van der Waals surface area contributed by atoms with Crippen LogP contribution < -0.4 is 9.47 Å². The van der Waals surface area contributed by atoms with Gasteiger partial charge in [0, 0.05) is 11.6 Å². The van der Waals surface area contributed by atoms with Crippen LogP contribution in [0.4, 0.5) is 13.2 Å². The van der Waals surface area contributed by atoms with Crippen LogP contribution >= 0.6 is 11.6 Å². The number of ether oxygens (including phenoxy) is 2. The molecule has 2 aromatic rings. The van der Waals surface area contributed by atoms with E-state index in [0.29, 0.717) is 22.6 Å². The second-order valence-electron chi connectivity index (χ2n) is 4.89. The zero-order chi connectivity index (χ0) is 18.4. The number of methoxy groups -OCH3 is 2. The number of alkyl halides is 3. The Morgan fingerprint density at radius 3 is 2.32 bits per heavy atom. The molecule has 0 aliphatic heterocycles. The quantitative estimate of drug-likeness (QED) is 0.691. The minimum Gasteiger partial charge on any atom is -0.497 e. The normalized spacial score (nSPS) is 11.5. The molecule has 0 heterocycles. The number of hydrogen-bond acceptors (Lipinski definition) is 2. The van der Waals surface area contributed by atoms with Crippen LogP contribution in [-0.4, -0.2) is 20.4 Å². The summed E-state index contributed by atoms with van der Waals surface area (Å²) in [5.41, 5.74) is 1.29. The fraction of sp³-hybridized carbons (Fsp3) is 0.158. The predicted molar refractivity (Wildman–Crippen MR) is 91.9 cm³/mol. The minimum atomic E-state index is -4.60. The first-order valence-electron chi connectivity index (χ1n) is 7.12. The molecule has 0 spiro atoms. The van der Waals surface area contributed by atoms with Crippen LogP contribution in [0.15, 0.2) is 47.5 Å². The van der Waals surface area contributed by atoms with E-state index in [0.717, 1.165) is 6.08 Å². The van der Waals surface area contributed by atoms with E-state index >= 15 is 0 Å². The van der Waals surface area contributed by atoms with Crippen molar-refractivity contribution in [2.45, 2.75) is 6.18 Å². The van der Waals surface area contributed by atoms with Crippen LogP contribution in [-0.2, 0) is 0 Å². The lowest BCUT2D eigenvalue weighted by molar-refractivity contribution is -0.0836. The molecule has 0 atom stereocenters. The van der Waals surface area contributed by atoms with Gasteiger partial charge < -0.3 is 9.47 Å². The number of halogens is 4. The molecule has 25 heavy (non-hydrogen) atoms. The fourth-order valence-corrected chi connectivity index (χ4v) is 2.11. The molecule has 2 rings (SSSR count). The smallest absolute Gasteiger partial charge is 0.426 e. The van der Waals surface area contributed by atoms with Crippen molar-refractivity contribution in [3.05, 3.63) is 64.2 Å². The number of benzene rings is 2. The van der Waals surface area contributed by atoms with E-state index in [1.807, 2.05) is 0 Å². The maximum Gasteiger partial charge on any atom is 0.426 e. The Balaban J connectivity index is 2.43. The first-order valence-corrected chi connectivity index (χ1v) is 7.50. The van der Waals surface area contributed by atoms with Gasteiger partial charge in [0.25, 0.3) is 0 Å². The summed E-state index contributed by atoms with van der Waals surface area (Å²) in [4.78, 5) is 0. The summed E-state index contributed by atoms with van der Waals surface area (Å²) in [6.07, 6.45) is -3.74. The topological polar surface area (TPSA) is 18.5 Å². The lowest BCUT2D eigenvalue weighted by Gasteiger charge is -2.06. The Morgan fingerprint density at radius 1 is 1.00 bits per heavy atom. The highest BCUT2D eigenvalue weighted by Gasteiger charge is 2.32. The molecule has 0 aliphatic rings. The molecular formula is C19H14ClF3O2. The first kappa shape index (κ1) is 18.8. The Morgan fingerprint density at radius 2 is 1.68 bits per heavy atom. The van der Waals surface area contributed by atoms with Crippen molar-refractivity contribution in [1.82, 2.24) is 0 Å². The molecule has 0 radical (unpaired) electrons. The minimum absolute atomic E-state index is 0.282. The van der Waals surface area contributed by atoms with Gasteiger partial charge in [-0.25, -0.2) is 0 Å². The molecule has 0 saturated heterocycles. The van der Waals surface area contributed by atoms with Gasteiger partial charge in [-0.15, -0.1) is 0 Å². The molecule has 2 nitrogen and oxygen atoms in total. The van der Waals surface area contributed by atoms with E-state index in [2.05, 4.69) is 11.8 Å². The maximum atomic E-state index is 12.6. The molecule has 0 unspecified atom stereocenters. The van der Waals surface area contributed by atoms with E-state index in [1.165, 1.54) is 20.3 Å². The lowest BCUT2D eigenvalue weighted by atomic mass is 10.1. The monoisotopic (exact) mass is 366 g/mol. The Hall–Kier alpha value is -2.58. The van der Waals surface area contributed by atoms with Crippen LogP contribution in [0.2, 0.25) is 0 Å². The number of allylic oxidation sites excluding steroid dienone is 1. The SMILES string of the molecule is COc1ccc(C#Cc2ccccc2/C=C(\Cl)C(F)(F)F)c(OC)c1. The molecule has 0 saturated carbocycles. The molecule has 0 aliphatic carbocycles. The molecule has 6 heteroatoms. The Kier molecular flexibility index (Phi) is 6.00. The summed E-state index contributed by atoms with van der Waals surface area (Å²) in [7, 11) is 3.03. The van der Waals surface area contributed by atoms with Crippen LogP contribution in [0.25, 0.3) is 6.08 Å². The van der Waals surface area contributed by atoms with Crippen LogP contribution in [0.1, 0.15) is 16.7 Å². The maximum absolute atomic E-state index is 12.6. The van der Waals surface area contributed by atoms with E-state index in [1.54, 1.807) is 36.4 Å². The lowest BCUT2D eigenvalue weighted by Crippen LogP contribution is -2.06. The standard InChI is InChI=1S/C19H14ClF3O2/c1-24-16-10-9-14(17(12-16)25-2)8-7-13-5-3-4-6-15(13)11-18(20)19(21,22)23/h3-6,9-12H,1-2H3/b18-11-. The zero-order valence-corrected chi connectivity index (χ0v) is 14.2. The summed E-state index contributed by atoms with van der Waals surface area (Å²) in [6.45, 7) is 0. The van der Waals surface area contributed by atoms with Gasteiger partial charge in [0.2, 0.25) is 0 Å². The van der Waals surface area contributed by atoms with Crippen LogP contribution in [0.3, 0.4) is 0 Å². The molecule has 130 valence electrons. The summed E-state index contributed by atoms with van der Waals surface area (Å²) in [5.74, 6) is 6.88. The van der Waals surface area contributed by atoms with E-state index in [4.69, 9.17) is 21.1 Å². The van der Waals surface area contributed by atoms with Crippen molar-refractivity contribution in [3.63, 3.8) is 0 Å². The van der Waals surface area contributed by atoms with Crippen LogP contribution in [0.5, 0.6) is 11.5 Å². The molecule has 0 bridgehead atoms. The molecule has 2 aromatic carbocycles. The second-order valence-corrected chi connectivity index (χ2v) is 5.30. The van der Waals surface area contributed by atoms with Crippen molar-refractivity contribution >= 4 is 17.7 Å². The number of hydrogen-bond donors (Lipinski definition) is 0. The highest BCUT2D eigenvalue weighted by atomic mass is 35.5. The molecule has 0 aromatic heterocycles. The number of rotatable bonds is 3. The molecule has 0 amide bonds.